The van der Waals surface area contributed by atoms with Gasteiger partial charge in [-0.2, -0.15) is 0 Å². The van der Waals surface area contributed by atoms with Gasteiger partial charge in [0.05, 0.1) is 0 Å². The first-order valence-electron chi connectivity index (χ1n) is 4.33. The van der Waals surface area contributed by atoms with Gasteiger partial charge in [-0.1, -0.05) is 0 Å². The molecule has 0 saturated carbocycles. The van der Waals surface area contributed by atoms with E-state index in [0.29, 0.717) is 13.0 Å². The van der Waals surface area contributed by atoms with Crippen LogP contribution in [0.2, 0.25) is 0 Å². The van der Waals surface area contributed by atoms with E-state index < -0.39 is 12.1 Å². The van der Waals surface area contributed by atoms with Gasteiger partial charge in [0.1, 0.15) is 0 Å². The molecule has 1 fully saturated rings. The van der Waals surface area contributed by atoms with E-state index in [2.05, 4.69) is 4.90 Å². The SMILES string of the molecule is O=C(O)C(O)CCN1CCCC1. The average Bonchev–Trinajstić information content (AvgIpc) is 2.51. The van der Waals surface area contributed by atoms with E-state index in [-0.39, 0.29) is 0 Å². The number of likely N-dealkylation sites (tertiary alicyclic amines) is 1. The van der Waals surface area contributed by atoms with E-state index in [9.17, 15) is 4.79 Å². The molecule has 12 heavy (non-hydrogen) atoms. The van der Waals surface area contributed by atoms with Crippen LogP contribution in [0.1, 0.15) is 19.3 Å². The number of aliphatic hydroxyl groups excluding tert-OH is 1. The smallest absolute Gasteiger partial charge is 0.332 e. The first-order valence-corrected chi connectivity index (χ1v) is 4.33. The van der Waals surface area contributed by atoms with Crippen LogP contribution in [0, 0.1) is 0 Å². The second-order valence-corrected chi connectivity index (χ2v) is 3.19. The number of carbonyl (C=O) groups is 1. The van der Waals surface area contributed by atoms with Gasteiger partial charge in [0, 0.05) is 6.54 Å². The molecule has 4 heteroatoms. The topological polar surface area (TPSA) is 60.8 Å². The van der Waals surface area contributed by atoms with Crippen molar-refractivity contribution in [2.75, 3.05) is 19.6 Å². The molecular weight excluding hydrogens is 158 g/mol. The highest BCUT2D eigenvalue weighted by atomic mass is 16.4. The van der Waals surface area contributed by atoms with Gasteiger partial charge in [-0.15, -0.1) is 0 Å². The van der Waals surface area contributed by atoms with Gasteiger partial charge in [-0.3, -0.25) is 0 Å². The zero-order chi connectivity index (χ0) is 8.97. The lowest BCUT2D eigenvalue weighted by Crippen LogP contribution is -2.28. The Morgan fingerprint density at radius 2 is 2.00 bits per heavy atom. The third kappa shape index (κ3) is 2.79. The molecular formula is C8H15NO3. The van der Waals surface area contributed by atoms with Crippen molar-refractivity contribution in [1.82, 2.24) is 4.90 Å². The summed E-state index contributed by atoms with van der Waals surface area (Å²) in [5.74, 6) is -1.12. The molecule has 4 nitrogen and oxygen atoms in total. The molecule has 1 saturated heterocycles. The average molecular weight is 173 g/mol. The number of aliphatic carboxylic acids is 1. The third-order valence-electron chi connectivity index (χ3n) is 2.20. The van der Waals surface area contributed by atoms with Gasteiger partial charge in [-0.05, 0) is 32.4 Å². The Balaban J connectivity index is 2.11. The predicted molar refractivity (Wildman–Crippen MR) is 43.9 cm³/mol. The Hall–Kier alpha value is -0.610. The summed E-state index contributed by atoms with van der Waals surface area (Å²) in [6.45, 7) is 2.80. The van der Waals surface area contributed by atoms with Crippen molar-refractivity contribution in [2.24, 2.45) is 0 Å². The lowest BCUT2D eigenvalue weighted by Gasteiger charge is -2.14. The summed E-state index contributed by atoms with van der Waals surface area (Å²) in [5.41, 5.74) is 0. The Bertz CT molecular complexity index is 154. The van der Waals surface area contributed by atoms with Crippen molar-refractivity contribution >= 4 is 5.97 Å². The van der Waals surface area contributed by atoms with Crippen LogP contribution < -0.4 is 0 Å². The maximum atomic E-state index is 10.2. The lowest BCUT2D eigenvalue weighted by molar-refractivity contribution is -0.147. The van der Waals surface area contributed by atoms with Crippen LogP contribution in [0.15, 0.2) is 0 Å². The van der Waals surface area contributed by atoms with Crippen LogP contribution in [0.25, 0.3) is 0 Å². The minimum atomic E-state index is -1.19. The molecule has 1 rings (SSSR count). The Morgan fingerprint density at radius 3 is 2.50 bits per heavy atom. The van der Waals surface area contributed by atoms with Crippen molar-refractivity contribution in [2.45, 2.75) is 25.4 Å². The molecule has 2 N–H and O–H groups in total. The largest absolute Gasteiger partial charge is 0.479 e. The second-order valence-electron chi connectivity index (χ2n) is 3.19. The first-order chi connectivity index (χ1) is 5.70. The minimum Gasteiger partial charge on any atom is -0.479 e. The number of aliphatic hydroxyl groups is 1. The van der Waals surface area contributed by atoms with Crippen molar-refractivity contribution in [3.63, 3.8) is 0 Å². The van der Waals surface area contributed by atoms with E-state index in [1.807, 2.05) is 0 Å². The summed E-state index contributed by atoms with van der Waals surface area (Å²) in [5, 5.41) is 17.3. The summed E-state index contributed by atoms with van der Waals surface area (Å²) >= 11 is 0. The highest BCUT2D eigenvalue weighted by molar-refractivity contribution is 5.71. The molecule has 1 aliphatic rings. The fourth-order valence-electron chi connectivity index (χ4n) is 1.43. The van der Waals surface area contributed by atoms with Crippen molar-refractivity contribution < 1.29 is 15.0 Å². The highest BCUT2D eigenvalue weighted by Gasteiger charge is 2.16. The van der Waals surface area contributed by atoms with Crippen LogP contribution in [0.3, 0.4) is 0 Å². The number of nitrogens with zero attached hydrogens (tertiary/aromatic N) is 1. The fraction of sp³-hybridized carbons (Fsp3) is 0.875. The van der Waals surface area contributed by atoms with Gasteiger partial charge in [0.2, 0.25) is 0 Å². The van der Waals surface area contributed by atoms with E-state index in [1.165, 1.54) is 12.8 Å². The summed E-state index contributed by atoms with van der Waals surface area (Å²) in [7, 11) is 0. The molecule has 1 atom stereocenters. The molecule has 0 aromatic carbocycles. The number of hydrogen-bond acceptors (Lipinski definition) is 3. The van der Waals surface area contributed by atoms with Crippen molar-refractivity contribution in [3.8, 4) is 0 Å². The van der Waals surface area contributed by atoms with Gasteiger partial charge in [0.25, 0.3) is 0 Å². The molecule has 1 heterocycles. The predicted octanol–water partition coefficient (Wildman–Crippen LogP) is -0.0822. The fourth-order valence-corrected chi connectivity index (χ4v) is 1.43. The molecule has 1 aliphatic heterocycles. The maximum absolute atomic E-state index is 10.2. The zero-order valence-corrected chi connectivity index (χ0v) is 7.07. The van der Waals surface area contributed by atoms with E-state index in [1.54, 1.807) is 0 Å². The van der Waals surface area contributed by atoms with E-state index >= 15 is 0 Å². The molecule has 0 bridgehead atoms. The molecule has 0 aromatic heterocycles. The summed E-state index contributed by atoms with van der Waals surface area (Å²) < 4.78 is 0. The molecule has 0 aliphatic carbocycles. The Morgan fingerprint density at radius 1 is 1.42 bits per heavy atom. The standard InChI is InChI=1S/C8H15NO3/c10-7(8(11)12)3-6-9-4-1-2-5-9/h7,10H,1-6H2,(H,11,12). The van der Waals surface area contributed by atoms with Crippen LogP contribution in [0.4, 0.5) is 0 Å². The Kier molecular flexibility index (Phi) is 3.49. The third-order valence-corrected chi connectivity index (χ3v) is 2.20. The van der Waals surface area contributed by atoms with Crippen molar-refractivity contribution in [1.29, 1.82) is 0 Å². The van der Waals surface area contributed by atoms with Crippen LogP contribution in [0.5, 0.6) is 0 Å². The number of carboxylic acids is 1. The van der Waals surface area contributed by atoms with Crippen LogP contribution in [-0.4, -0.2) is 46.8 Å². The first kappa shape index (κ1) is 9.48. The Labute approximate surface area is 71.8 Å². The summed E-state index contributed by atoms with van der Waals surface area (Å²) in [6, 6.07) is 0. The lowest BCUT2D eigenvalue weighted by atomic mass is 10.2. The summed E-state index contributed by atoms with van der Waals surface area (Å²) in [6.07, 6.45) is 1.55. The second kappa shape index (κ2) is 4.42. The van der Waals surface area contributed by atoms with E-state index in [0.717, 1.165) is 13.1 Å². The molecule has 0 aromatic rings. The van der Waals surface area contributed by atoms with Gasteiger partial charge >= 0.3 is 5.97 Å². The van der Waals surface area contributed by atoms with E-state index in [4.69, 9.17) is 10.2 Å². The number of rotatable bonds is 4. The normalized spacial score (nSPS) is 21.1. The monoisotopic (exact) mass is 173 g/mol. The van der Waals surface area contributed by atoms with Gasteiger partial charge < -0.3 is 15.1 Å². The molecule has 0 spiro atoms. The van der Waals surface area contributed by atoms with Crippen LogP contribution in [-0.2, 0) is 4.79 Å². The number of hydrogen-bond donors (Lipinski definition) is 2. The quantitative estimate of drug-likeness (QED) is 0.624. The zero-order valence-electron chi connectivity index (χ0n) is 7.07. The summed E-state index contributed by atoms with van der Waals surface area (Å²) in [4.78, 5) is 12.4. The highest BCUT2D eigenvalue weighted by Crippen LogP contribution is 2.08. The van der Waals surface area contributed by atoms with Crippen molar-refractivity contribution in [3.05, 3.63) is 0 Å². The van der Waals surface area contributed by atoms with Crippen LogP contribution >= 0.6 is 0 Å². The van der Waals surface area contributed by atoms with Gasteiger partial charge in [0.15, 0.2) is 6.10 Å². The molecule has 1 unspecified atom stereocenters. The molecule has 70 valence electrons. The number of carboxylic acid groups (broad SMARTS) is 1. The molecule has 0 radical (unpaired) electrons. The minimum absolute atomic E-state index is 0.343. The maximum Gasteiger partial charge on any atom is 0.332 e. The van der Waals surface area contributed by atoms with Gasteiger partial charge in [-0.25, -0.2) is 4.79 Å². The molecule has 0 amide bonds.